The summed E-state index contributed by atoms with van der Waals surface area (Å²) in [4.78, 5) is 19.5. The molecular weight excluding hydrogens is 312 g/mol. The first-order valence-corrected chi connectivity index (χ1v) is 7.81. The Hall–Kier alpha value is -0.940. The van der Waals surface area contributed by atoms with Gasteiger partial charge >= 0.3 is 0 Å². The molecule has 2 aromatic heterocycles. The van der Waals surface area contributed by atoms with Crippen LogP contribution in [-0.2, 0) is 0 Å². The molecule has 94 valence electrons. The van der Waals surface area contributed by atoms with E-state index in [0.717, 1.165) is 24.1 Å². The Balaban J connectivity index is 2.10. The zero-order valence-electron chi connectivity index (χ0n) is 9.78. The zero-order chi connectivity index (χ0) is 12.5. The van der Waals surface area contributed by atoms with Crippen LogP contribution in [0.5, 0.6) is 0 Å². The van der Waals surface area contributed by atoms with Crippen LogP contribution < -0.4 is 5.56 Å². The molecular formula is C13H13BrN2OS. The topological polar surface area (TPSA) is 45.8 Å². The van der Waals surface area contributed by atoms with Crippen LogP contribution in [-0.4, -0.2) is 9.97 Å². The number of nitrogens with one attached hydrogen (secondary N) is 1. The van der Waals surface area contributed by atoms with Gasteiger partial charge in [-0.2, -0.15) is 11.3 Å². The number of rotatable bonds is 2. The van der Waals surface area contributed by atoms with Crippen LogP contribution in [0.25, 0.3) is 11.4 Å². The Morgan fingerprint density at radius 2 is 2.17 bits per heavy atom. The third-order valence-corrected chi connectivity index (χ3v) is 4.87. The maximum absolute atomic E-state index is 12.0. The summed E-state index contributed by atoms with van der Waals surface area (Å²) in [5, 5.41) is 4.00. The summed E-state index contributed by atoms with van der Waals surface area (Å²) in [7, 11) is 0. The third kappa shape index (κ3) is 2.17. The van der Waals surface area contributed by atoms with Gasteiger partial charge in [0.25, 0.3) is 5.56 Å². The van der Waals surface area contributed by atoms with Crippen LogP contribution in [0.4, 0.5) is 0 Å². The van der Waals surface area contributed by atoms with E-state index in [-0.39, 0.29) is 5.56 Å². The van der Waals surface area contributed by atoms with Gasteiger partial charge in [0.05, 0.1) is 5.69 Å². The van der Waals surface area contributed by atoms with Gasteiger partial charge in [-0.25, -0.2) is 4.98 Å². The average Bonchev–Trinajstić information content (AvgIpc) is 3.03. The van der Waals surface area contributed by atoms with E-state index in [9.17, 15) is 4.79 Å². The highest BCUT2D eigenvalue weighted by Gasteiger charge is 2.23. The van der Waals surface area contributed by atoms with Crippen molar-refractivity contribution in [1.82, 2.24) is 9.97 Å². The van der Waals surface area contributed by atoms with E-state index in [1.54, 1.807) is 11.3 Å². The third-order valence-electron chi connectivity index (χ3n) is 3.42. The van der Waals surface area contributed by atoms with Gasteiger partial charge in [-0.1, -0.05) is 12.8 Å². The quantitative estimate of drug-likeness (QED) is 0.910. The molecule has 0 aromatic carbocycles. The fraction of sp³-hybridized carbons (Fsp3) is 0.385. The predicted molar refractivity (Wildman–Crippen MR) is 77.1 cm³/mol. The molecule has 0 bridgehead atoms. The lowest BCUT2D eigenvalue weighted by atomic mass is 10.0. The van der Waals surface area contributed by atoms with Gasteiger partial charge in [0.15, 0.2) is 0 Å². The first-order chi connectivity index (χ1) is 8.75. The molecule has 2 aromatic rings. The van der Waals surface area contributed by atoms with Gasteiger partial charge in [-0.3, -0.25) is 4.79 Å². The number of aromatic amines is 1. The zero-order valence-corrected chi connectivity index (χ0v) is 12.2. The van der Waals surface area contributed by atoms with E-state index in [1.165, 1.54) is 12.8 Å². The van der Waals surface area contributed by atoms with Crippen molar-refractivity contribution >= 4 is 27.3 Å². The van der Waals surface area contributed by atoms with E-state index >= 15 is 0 Å². The standard InChI is InChI=1S/C13H13BrN2OS/c14-10-11(8-3-1-2-4-8)15-12(16-13(10)17)9-5-6-18-7-9/h5-8H,1-4H2,(H,15,16,17). The molecule has 18 heavy (non-hydrogen) atoms. The number of nitrogens with zero attached hydrogens (tertiary/aromatic N) is 1. The van der Waals surface area contributed by atoms with Crippen molar-refractivity contribution in [3.8, 4) is 11.4 Å². The van der Waals surface area contributed by atoms with Gasteiger partial charge in [-0.15, -0.1) is 0 Å². The number of H-pyrrole nitrogens is 1. The van der Waals surface area contributed by atoms with Crippen molar-refractivity contribution in [1.29, 1.82) is 0 Å². The minimum absolute atomic E-state index is 0.0758. The molecule has 1 N–H and O–H groups in total. The van der Waals surface area contributed by atoms with E-state index in [4.69, 9.17) is 0 Å². The van der Waals surface area contributed by atoms with Crippen molar-refractivity contribution in [2.45, 2.75) is 31.6 Å². The number of halogens is 1. The van der Waals surface area contributed by atoms with Crippen molar-refractivity contribution in [2.24, 2.45) is 0 Å². The lowest BCUT2D eigenvalue weighted by Crippen LogP contribution is -2.15. The second-order valence-electron chi connectivity index (χ2n) is 4.61. The maximum Gasteiger partial charge on any atom is 0.265 e. The second-order valence-corrected chi connectivity index (χ2v) is 6.18. The highest BCUT2D eigenvalue weighted by atomic mass is 79.9. The van der Waals surface area contributed by atoms with E-state index in [2.05, 4.69) is 25.9 Å². The van der Waals surface area contributed by atoms with E-state index in [1.807, 2.05) is 16.8 Å². The summed E-state index contributed by atoms with van der Waals surface area (Å²) in [6.45, 7) is 0. The highest BCUT2D eigenvalue weighted by molar-refractivity contribution is 9.10. The Kier molecular flexibility index (Phi) is 3.35. The minimum atomic E-state index is -0.0758. The first-order valence-electron chi connectivity index (χ1n) is 6.08. The fourth-order valence-electron chi connectivity index (χ4n) is 2.48. The molecule has 0 amide bonds. The van der Waals surface area contributed by atoms with E-state index < -0.39 is 0 Å². The van der Waals surface area contributed by atoms with Gasteiger partial charge in [0, 0.05) is 16.9 Å². The number of hydrogen-bond donors (Lipinski definition) is 1. The van der Waals surface area contributed by atoms with Gasteiger partial charge in [0.1, 0.15) is 10.3 Å². The Morgan fingerprint density at radius 3 is 2.83 bits per heavy atom. The molecule has 2 heterocycles. The van der Waals surface area contributed by atoms with Crippen molar-refractivity contribution in [3.63, 3.8) is 0 Å². The normalized spacial score (nSPS) is 16.3. The summed E-state index contributed by atoms with van der Waals surface area (Å²) in [6, 6.07) is 1.98. The van der Waals surface area contributed by atoms with Crippen LogP contribution in [0.2, 0.25) is 0 Å². The van der Waals surface area contributed by atoms with Crippen molar-refractivity contribution in [3.05, 3.63) is 37.3 Å². The molecule has 1 aliphatic carbocycles. The Bertz CT molecular complexity index is 600. The molecule has 0 atom stereocenters. The van der Waals surface area contributed by atoms with Crippen LogP contribution in [0.1, 0.15) is 37.3 Å². The molecule has 1 aliphatic rings. The SMILES string of the molecule is O=c1[nH]c(-c2ccsc2)nc(C2CCCC2)c1Br. The van der Waals surface area contributed by atoms with Crippen molar-refractivity contribution < 1.29 is 0 Å². The van der Waals surface area contributed by atoms with Gasteiger partial charge in [0.2, 0.25) is 0 Å². The minimum Gasteiger partial charge on any atom is -0.306 e. The molecule has 0 radical (unpaired) electrons. The monoisotopic (exact) mass is 324 g/mol. The van der Waals surface area contributed by atoms with Crippen molar-refractivity contribution in [2.75, 3.05) is 0 Å². The lowest BCUT2D eigenvalue weighted by Gasteiger charge is -2.11. The van der Waals surface area contributed by atoms with Gasteiger partial charge in [-0.05, 0) is 40.2 Å². The van der Waals surface area contributed by atoms with Crippen LogP contribution in [0, 0.1) is 0 Å². The van der Waals surface area contributed by atoms with Crippen LogP contribution in [0.15, 0.2) is 26.1 Å². The molecule has 1 fully saturated rings. The molecule has 0 saturated heterocycles. The largest absolute Gasteiger partial charge is 0.306 e. The average molecular weight is 325 g/mol. The molecule has 5 heteroatoms. The molecule has 1 saturated carbocycles. The molecule has 0 aliphatic heterocycles. The summed E-state index contributed by atoms with van der Waals surface area (Å²) >= 11 is 4.99. The number of aromatic nitrogens is 2. The summed E-state index contributed by atoms with van der Waals surface area (Å²) < 4.78 is 0.605. The highest BCUT2D eigenvalue weighted by Crippen LogP contribution is 2.36. The smallest absolute Gasteiger partial charge is 0.265 e. The maximum atomic E-state index is 12.0. The van der Waals surface area contributed by atoms with Gasteiger partial charge < -0.3 is 4.98 Å². The predicted octanol–water partition coefficient (Wildman–Crippen LogP) is 3.92. The molecule has 0 spiro atoms. The number of hydrogen-bond acceptors (Lipinski definition) is 3. The first kappa shape index (κ1) is 12.1. The molecule has 0 unspecified atom stereocenters. The lowest BCUT2D eigenvalue weighted by molar-refractivity contribution is 0.688. The van der Waals surface area contributed by atoms with Crippen LogP contribution in [0.3, 0.4) is 0 Å². The summed E-state index contributed by atoms with van der Waals surface area (Å²) in [6.07, 6.45) is 4.75. The Morgan fingerprint density at radius 1 is 1.39 bits per heavy atom. The summed E-state index contributed by atoms with van der Waals surface area (Å²) in [5.74, 6) is 1.12. The second kappa shape index (κ2) is 4.97. The van der Waals surface area contributed by atoms with Crippen LogP contribution >= 0.6 is 27.3 Å². The summed E-state index contributed by atoms with van der Waals surface area (Å²) in [5.41, 5.74) is 1.84. The van der Waals surface area contributed by atoms with E-state index in [0.29, 0.717) is 16.2 Å². The molecule has 3 nitrogen and oxygen atoms in total. The Labute approximate surface area is 117 Å². The number of thiophene rings is 1. The fourth-order valence-corrected chi connectivity index (χ4v) is 3.63. The molecule has 3 rings (SSSR count).